The van der Waals surface area contributed by atoms with Gasteiger partial charge in [0.2, 0.25) is 0 Å². The first-order valence-corrected chi connectivity index (χ1v) is 7.93. The summed E-state index contributed by atoms with van der Waals surface area (Å²) < 4.78 is 1.61. The van der Waals surface area contributed by atoms with Crippen molar-refractivity contribution in [3.63, 3.8) is 0 Å². The molecule has 8 nitrogen and oxygen atoms in total. The summed E-state index contributed by atoms with van der Waals surface area (Å²) in [6, 6.07) is -1.08. The Morgan fingerprint density at radius 3 is 2.95 bits per heavy atom. The maximum absolute atomic E-state index is 12.3. The fraction of sp³-hybridized carbons (Fsp3) is 0.667. The molecule has 2 N–H and O–H groups in total. The molecule has 2 rings (SSSR count). The number of nitrogens with zero attached hydrogens (tertiary/aromatic N) is 4. The summed E-state index contributed by atoms with van der Waals surface area (Å²) in [6.07, 6.45) is 4.98. The Labute approximate surface area is 126 Å². The average Bonchev–Trinajstić information content (AvgIpc) is 3.08. The number of amides is 2. The van der Waals surface area contributed by atoms with Crippen LogP contribution >= 0.6 is 11.8 Å². The van der Waals surface area contributed by atoms with E-state index in [-0.39, 0.29) is 11.4 Å². The zero-order valence-corrected chi connectivity index (χ0v) is 12.6. The molecule has 0 aliphatic carbocycles. The molecule has 2 unspecified atom stereocenters. The normalized spacial score (nSPS) is 21.5. The molecule has 0 saturated carbocycles. The number of carboxylic acid groups (broad SMARTS) is 1. The van der Waals surface area contributed by atoms with Crippen molar-refractivity contribution >= 4 is 23.8 Å². The van der Waals surface area contributed by atoms with Crippen LogP contribution in [0.2, 0.25) is 0 Å². The number of urea groups is 1. The Kier molecular flexibility index (Phi) is 5.43. The number of rotatable bonds is 6. The second-order valence-corrected chi connectivity index (χ2v) is 5.95. The van der Waals surface area contributed by atoms with Gasteiger partial charge in [0.15, 0.2) is 0 Å². The third-order valence-corrected chi connectivity index (χ3v) is 4.59. The smallest absolute Gasteiger partial charge is 0.327 e. The topological polar surface area (TPSA) is 100 Å². The maximum atomic E-state index is 12.3. The highest BCUT2D eigenvalue weighted by atomic mass is 32.2. The van der Waals surface area contributed by atoms with Gasteiger partial charge in [0.1, 0.15) is 6.04 Å². The van der Waals surface area contributed by atoms with Crippen molar-refractivity contribution < 1.29 is 14.7 Å². The molecule has 0 spiro atoms. The molecule has 0 bridgehead atoms. The molecule has 2 amide bonds. The largest absolute Gasteiger partial charge is 0.480 e. The van der Waals surface area contributed by atoms with Gasteiger partial charge in [-0.15, -0.1) is 16.9 Å². The summed E-state index contributed by atoms with van der Waals surface area (Å²) in [6.45, 7) is 2.91. The molecule has 1 aromatic heterocycles. The lowest BCUT2D eigenvalue weighted by Crippen LogP contribution is -2.50. The number of aliphatic carboxylic acids is 1. The lowest BCUT2D eigenvalue weighted by molar-refractivity contribution is -0.141. The fourth-order valence-electron chi connectivity index (χ4n) is 2.22. The molecule has 21 heavy (non-hydrogen) atoms. The summed E-state index contributed by atoms with van der Waals surface area (Å²) in [4.78, 5) is 25.0. The summed E-state index contributed by atoms with van der Waals surface area (Å²) >= 11 is 1.53. The van der Waals surface area contributed by atoms with Crippen molar-refractivity contribution in [3.05, 3.63) is 12.4 Å². The van der Waals surface area contributed by atoms with Crippen molar-refractivity contribution in [1.82, 2.24) is 25.2 Å². The minimum atomic E-state index is -0.951. The first-order valence-electron chi connectivity index (χ1n) is 6.88. The van der Waals surface area contributed by atoms with Crippen LogP contribution in [-0.2, 0) is 11.3 Å². The van der Waals surface area contributed by atoms with Gasteiger partial charge >= 0.3 is 12.0 Å². The number of carbonyl (C=O) groups excluding carboxylic acids is 1. The summed E-state index contributed by atoms with van der Waals surface area (Å²) in [5, 5.41) is 19.4. The lowest BCUT2D eigenvalue weighted by atomic mass is 10.2. The van der Waals surface area contributed by atoms with Gasteiger partial charge in [-0.3, -0.25) is 9.58 Å². The number of aromatic nitrogens is 3. The van der Waals surface area contributed by atoms with Gasteiger partial charge < -0.3 is 10.4 Å². The molecule has 2 heterocycles. The summed E-state index contributed by atoms with van der Waals surface area (Å²) in [5.41, 5.74) is 0. The van der Waals surface area contributed by atoms with E-state index < -0.39 is 12.0 Å². The molecule has 1 aliphatic rings. The number of carbonyl (C=O) groups is 2. The molecule has 1 aliphatic heterocycles. The fourth-order valence-corrected chi connectivity index (χ4v) is 3.73. The van der Waals surface area contributed by atoms with Crippen LogP contribution in [0.25, 0.3) is 0 Å². The zero-order valence-electron chi connectivity index (χ0n) is 11.8. The monoisotopic (exact) mass is 313 g/mol. The van der Waals surface area contributed by atoms with Crippen LogP contribution in [0.1, 0.15) is 19.8 Å². The third kappa shape index (κ3) is 3.87. The Morgan fingerprint density at radius 2 is 2.33 bits per heavy atom. The Balaban J connectivity index is 1.91. The standard InChI is InChI=1S/C12H19N5O3S/c1-2-3-10-17(9(8-21-10)11(18)19)12(20)13-4-6-16-7-5-14-15-16/h5,7,9-10H,2-4,6,8H2,1H3,(H,13,20)(H,18,19). The van der Waals surface area contributed by atoms with E-state index >= 15 is 0 Å². The van der Waals surface area contributed by atoms with Crippen LogP contribution in [0.5, 0.6) is 0 Å². The Hall–Kier alpha value is -1.77. The molecule has 1 saturated heterocycles. The lowest BCUT2D eigenvalue weighted by Gasteiger charge is -2.27. The predicted molar refractivity (Wildman–Crippen MR) is 77.8 cm³/mol. The second-order valence-electron chi connectivity index (χ2n) is 4.74. The van der Waals surface area contributed by atoms with Gasteiger partial charge in [-0.05, 0) is 6.42 Å². The minimum absolute atomic E-state index is 0.0672. The SMILES string of the molecule is CCCC1SCC(C(=O)O)N1C(=O)NCCn1ccnn1. The van der Waals surface area contributed by atoms with E-state index in [1.54, 1.807) is 17.1 Å². The van der Waals surface area contributed by atoms with E-state index in [1.807, 2.05) is 6.92 Å². The zero-order chi connectivity index (χ0) is 15.2. The molecule has 0 radical (unpaired) electrons. The maximum Gasteiger partial charge on any atom is 0.327 e. The third-order valence-electron chi connectivity index (χ3n) is 3.24. The summed E-state index contributed by atoms with van der Waals surface area (Å²) in [5.74, 6) is -0.510. The summed E-state index contributed by atoms with van der Waals surface area (Å²) in [7, 11) is 0. The molecule has 9 heteroatoms. The van der Waals surface area contributed by atoms with Gasteiger partial charge in [-0.25, -0.2) is 9.59 Å². The highest BCUT2D eigenvalue weighted by Crippen LogP contribution is 2.32. The van der Waals surface area contributed by atoms with Gasteiger partial charge in [-0.1, -0.05) is 18.6 Å². The van der Waals surface area contributed by atoms with E-state index in [9.17, 15) is 14.7 Å². The first-order chi connectivity index (χ1) is 10.1. The van der Waals surface area contributed by atoms with Crippen LogP contribution in [0, 0.1) is 0 Å². The molecular formula is C12H19N5O3S. The van der Waals surface area contributed by atoms with Crippen LogP contribution in [-0.4, -0.2) is 60.7 Å². The number of thioether (sulfide) groups is 1. The second kappa shape index (κ2) is 7.30. The van der Waals surface area contributed by atoms with Gasteiger partial charge in [0.05, 0.1) is 18.1 Å². The van der Waals surface area contributed by atoms with E-state index in [2.05, 4.69) is 15.6 Å². The first kappa shape index (κ1) is 15.6. The molecule has 1 fully saturated rings. The molecular weight excluding hydrogens is 294 g/mol. The Bertz CT molecular complexity index is 481. The van der Waals surface area contributed by atoms with Crippen LogP contribution in [0.4, 0.5) is 4.79 Å². The van der Waals surface area contributed by atoms with E-state index in [4.69, 9.17) is 0 Å². The minimum Gasteiger partial charge on any atom is -0.480 e. The van der Waals surface area contributed by atoms with Crippen LogP contribution < -0.4 is 5.32 Å². The van der Waals surface area contributed by atoms with Crippen molar-refractivity contribution in [2.24, 2.45) is 0 Å². The van der Waals surface area contributed by atoms with Crippen LogP contribution in [0.15, 0.2) is 12.4 Å². The van der Waals surface area contributed by atoms with Gasteiger partial charge in [-0.2, -0.15) is 0 Å². The van der Waals surface area contributed by atoms with Gasteiger partial charge in [0, 0.05) is 18.5 Å². The van der Waals surface area contributed by atoms with E-state index in [0.29, 0.717) is 18.8 Å². The highest BCUT2D eigenvalue weighted by molar-refractivity contribution is 8.00. The Morgan fingerprint density at radius 1 is 1.52 bits per heavy atom. The van der Waals surface area contributed by atoms with Crippen molar-refractivity contribution in [1.29, 1.82) is 0 Å². The van der Waals surface area contributed by atoms with Gasteiger partial charge in [0.25, 0.3) is 0 Å². The van der Waals surface area contributed by atoms with E-state index in [0.717, 1.165) is 12.8 Å². The van der Waals surface area contributed by atoms with Crippen molar-refractivity contribution in [2.75, 3.05) is 12.3 Å². The predicted octanol–water partition coefficient (Wildman–Crippen LogP) is 0.616. The quantitative estimate of drug-likeness (QED) is 0.798. The average molecular weight is 313 g/mol. The van der Waals surface area contributed by atoms with Crippen molar-refractivity contribution in [3.8, 4) is 0 Å². The molecule has 2 atom stereocenters. The highest BCUT2D eigenvalue weighted by Gasteiger charge is 2.41. The van der Waals surface area contributed by atoms with Crippen molar-refractivity contribution in [2.45, 2.75) is 37.7 Å². The number of hydrogen-bond donors (Lipinski definition) is 2. The number of nitrogens with one attached hydrogen (secondary N) is 1. The number of hydrogen-bond acceptors (Lipinski definition) is 5. The van der Waals surface area contributed by atoms with E-state index in [1.165, 1.54) is 16.7 Å². The number of carboxylic acids is 1. The molecule has 1 aromatic rings. The molecule has 0 aromatic carbocycles. The molecule has 116 valence electrons. The van der Waals surface area contributed by atoms with Crippen LogP contribution in [0.3, 0.4) is 0 Å².